The summed E-state index contributed by atoms with van der Waals surface area (Å²) >= 11 is 0. The van der Waals surface area contributed by atoms with Gasteiger partial charge < -0.3 is 9.80 Å². The van der Waals surface area contributed by atoms with Crippen molar-refractivity contribution in [2.75, 3.05) is 31.1 Å². The minimum Gasteiger partial charge on any atom is -0.356 e. The largest absolute Gasteiger partial charge is 0.356 e. The number of rotatable bonds is 6. The van der Waals surface area contributed by atoms with E-state index in [0.717, 1.165) is 62.2 Å². The van der Waals surface area contributed by atoms with Gasteiger partial charge in [-0.25, -0.2) is 14.4 Å². The maximum atomic E-state index is 13.6. The van der Waals surface area contributed by atoms with E-state index in [1.807, 2.05) is 18.7 Å². The standard InChI is InChI=1S/C20H27FN4O/c1-3-24(4-2)19(26)8-5-15-9-11-25(12-10-15)20-17-13-16(21)6-7-18(17)22-14-23-20/h6-7,13-15H,3-5,8-12H2,1-2H3. The Morgan fingerprint density at radius 1 is 1.23 bits per heavy atom. The molecule has 0 radical (unpaired) electrons. The van der Waals surface area contributed by atoms with Crippen LogP contribution in [0.1, 0.15) is 39.5 Å². The molecule has 0 atom stereocenters. The first-order valence-electron chi connectivity index (χ1n) is 9.55. The fourth-order valence-electron chi connectivity index (χ4n) is 3.76. The van der Waals surface area contributed by atoms with Gasteiger partial charge >= 0.3 is 0 Å². The molecule has 1 amide bonds. The van der Waals surface area contributed by atoms with Crippen LogP contribution >= 0.6 is 0 Å². The first kappa shape index (κ1) is 18.5. The van der Waals surface area contributed by atoms with Crippen LogP contribution in [0.5, 0.6) is 0 Å². The molecule has 0 bridgehead atoms. The predicted octanol–water partition coefficient (Wildman–Crippen LogP) is 3.63. The molecule has 0 aliphatic carbocycles. The number of aromatic nitrogens is 2. The molecule has 1 fully saturated rings. The van der Waals surface area contributed by atoms with Crippen molar-refractivity contribution in [2.24, 2.45) is 5.92 Å². The molecular weight excluding hydrogens is 331 g/mol. The molecule has 1 aliphatic heterocycles. The van der Waals surface area contributed by atoms with Crippen LogP contribution in [0.25, 0.3) is 10.9 Å². The fraction of sp³-hybridized carbons (Fsp3) is 0.550. The second kappa shape index (κ2) is 8.43. The van der Waals surface area contributed by atoms with Gasteiger partial charge in [0.15, 0.2) is 0 Å². The monoisotopic (exact) mass is 358 g/mol. The first-order valence-corrected chi connectivity index (χ1v) is 9.55. The number of carbonyl (C=O) groups excluding carboxylic acids is 1. The van der Waals surface area contributed by atoms with E-state index in [2.05, 4.69) is 14.9 Å². The zero-order valence-corrected chi connectivity index (χ0v) is 15.6. The van der Waals surface area contributed by atoms with Gasteiger partial charge in [-0.2, -0.15) is 0 Å². The van der Waals surface area contributed by atoms with Gasteiger partial charge in [-0.05, 0) is 57.2 Å². The van der Waals surface area contributed by atoms with Crippen molar-refractivity contribution >= 4 is 22.6 Å². The van der Waals surface area contributed by atoms with E-state index >= 15 is 0 Å². The molecule has 1 saturated heterocycles. The number of fused-ring (bicyclic) bond motifs is 1. The van der Waals surface area contributed by atoms with Gasteiger partial charge in [-0.3, -0.25) is 4.79 Å². The highest BCUT2D eigenvalue weighted by Crippen LogP contribution is 2.29. The molecule has 0 N–H and O–H groups in total. The normalized spacial score (nSPS) is 15.4. The Bertz CT molecular complexity index is 755. The summed E-state index contributed by atoms with van der Waals surface area (Å²) in [7, 11) is 0. The SMILES string of the molecule is CCN(CC)C(=O)CCC1CCN(c2ncnc3ccc(F)cc23)CC1. The Balaban J connectivity index is 1.59. The van der Waals surface area contributed by atoms with E-state index in [9.17, 15) is 9.18 Å². The highest BCUT2D eigenvalue weighted by molar-refractivity contribution is 5.89. The third-order valence-corrected chi connectivity index (χ3v) is 5.37. The Kier molecular flexibility index (Phi) is 6.01. The van der Waals surface area contributed by atoms with Gasteiger partial charge in [0.05, 0.1) is 5.52 Å². The average molecular weight is 358 g/mol. The van der Waals surface area contributed by atoms with Crippen LogP contribution < -0.4 is 4.90 Å². The highest BCUT2D eigenvalue weighted by Gasteiger charge is 2.23. The van der Waals surface area contributed by atoms with Crippen molar-refractivity contribution in [3.05, 3.63) is 30.3 Å². The van der Waals surface area contributed by atoms with Gasteiger partial charge in [0, 0.05) is 38.0 Å². The van der Waals surface area contributed by atoms with Crippen LogP contribution in [0.2, 0.25) is 0 Å². The molecule has 3 rings (SSSR count). The van der Waals surface area contributed by atoms with Crippen molar-refractivity contribution in [3.63, 3.8) is 0 Å². The molecular formula is C20H27FN4O. The lowest BCUT2D eigenvalue weighted by molar-refractivity contribution is -0.131. The third-order valence-electron chi connectivity index (χ3n) is 5.37. The number of piperidine rings is 1. The topological polar surface area (TPSA) is 49.3 Å². The second-order valence-electron chi connectivity index (χ2n) is 6.89. The van der Waals surface area contributed by atoms with Crippen LogP contribution in [0.15, 0.2) is 24.5 Å². The van der Waals surface area contributed by atoms with Gasteiger partial charge in [0.1, 0.15) is 18.0 Å². The zero-order valence-electron chi connectivity index (χ0n) is 15.6. The number of halogens is 1. The molecule has 1 aromatic heterocycles. The maximum absolute atomic E-state index is 13.6. The maximum Gasteiger partial charge on any atom is 0.222 e. The molecule has 0 spiro atoms. The number of hydrogen-bond donors (Lipinski definition) is 0. The number of nitrogens with zero attached hydrogens (tertiary/aromatic N) is 4. The lowest BCUT2D eigenvalue weighted by Gasteiger charge is -2.33. The van der Waals surface area contributed by atoms with E-state index in [4.69, 9.17) is 0 Å². The molecule has 1 aliphatic rings. The average Bonchev–Trinajstić information content (AvgIpc) is 2.67. The van der Waals surface area contributed by atoms with Crippen LogP contribution in [0.4, 0.5) is 10.2 Å². The van der Waals surface area contributed by atoms with Crippen molar-refractivity contribution < 1.29 is 9.18 Å². The molecule has 0 unspecified atom stereocenters. The minimum atomic E-state index is -0.265. The lowest BCUT2D eigenvalue weighted by Crippen LogP contribution is -2.35. The van der Waals surface area contributed by atoms with E-state index in [0.29, 0.717) is 12.3 Å². The summed E-state index contributed by atoms with van der Waals surface area (Å²) in [6.07, 6.45) is 5.19. The van der Waals surface area contributed by atoms with E-state index in [1.54, 1.807) is 12.4 Å². The number of carbonyl (C=O) groups is 1. The van der Waals surface area contributed by atoms with E-state index in [-0.39, 0.29) is 11.7 Å². The molecule has 140 valence electrons. The van der Waals surface area contributed by atoms with Crippen molar-refractivity contribution in [1.29, 1.82) is 0 Å². The van der Waals surface area contributed by atoms with Gasteiger partial charge in [-0.1, -0.05) is 0 Å². The second-order valence-corrected chi connectivity index (χ2v) is 6.89. The smallest absolute Gasteiger partial charge is 0.222 e. The fourth-order valence-corrected chi connectivity index (χ4v) is 3.76. The van der Waals surface area contributed by atoms with E-state index < -0.39 is 0 Å². The van der Waals surface area contributed by atoms with E-state index in [1.165, 1.54) is 12.1 Å². The van der Waals surface area contributed by atoms with Crippen molar-refractivity contribution in [3.8, 4) is 0 Å². The highest BCUT2D eigenvalue weighted by atomic mass is 19.1. The quantitative estimate of drug-likeness (QED) is 0.791. The third kappa shape index (κ3) is 4.11. The molecule has 6 heteroatoms. The number of hydrogen-bond acceptors (Lipinski definition) is 4. The van der Waals surface area contributed by atoms with Crippen LogP contribution in [-0.2, 0) is 4.79 Å². The first-order chi connectivity index (χ1) is 12.6. The van der Waals surface area contributed by atoms with Gasteiger partial charge in [0.2, 0.25) is 5.91 Å². The minimum absolute atomic E-state index is 0.259. The Labute approximate surface area is 154 Å². The molecule has 0 saturated carbocycles. The number of amides is 1. The summed E-state index contributed by atoms with van der Waals surface area (Å²) in [5, 5.41) is 0.766. The molecule has 2 aromatic rings. The Morgan fingerprint density at radius 3 is 2.65 bits per heavy atom. The molecule has 1 aromatic carbocycles. The summed E-state index contributed by atoms with van der Waals surface area (Å²) in [5.41, 5.74) is 0.767. The Hall–Kier alpha value is -2.24. The summed E-state index contributed by atoms with van der Waals surface area (Å²) in [6, 6.07) is 4.64. The lowest BCUT2D eigenvalue weighted by atomic mass is 9.92. The van der Waals surface area contributed by atoms with Gasteiger partial charge in [0.25, 0.3) is 0 Å². The van der Waals surface area contributed by atoms with Crippen molar-refractivity contribution in [1.82, 2.24) is 14.9 Å². The van der Waals surface area contributed by atoms with Crippen molar-refractivity contribution in [2.45, 2.75) is 39.5 Å². The van der Waals surface area contributed by atoms with Crippen LogP contribution in [0, 0.1) is 11.7 Å². The summed E-state index contributed by atoms with van der Waals surface area (Å²) < 4.78 is 13.6. The number of anilines is 1. The zero-order chi connectivity index (χ0) is 18.5. The molecule has 2 heterocycles. The summed E-state index contributed by atoms with van der Waals surface area (Å²) in [6.45, 7) is 7.37. The van der Waals surface area contributed by atoms with Gasteiger partial charge in [-0.15, -0.1) is 0 Å². The molecule has 5 nitrogen and oxygen atoms in total. The Morgan fingerprint density at radius 2 is 1.96 bits per heavy atom. The van der Waals surface area contributed by atoms with Crippen LogP contribution in [0.3, 0.4) is 0 Å². The summed E-state index contributed by atoms with van der Waals surface area (Å²) in [5.74, 6) is 1.37. The number of benzene rings is 1. The predicted molar refractivity (Wildman–Crippen MR) is 102 cm³/mol. The van der Waals surface area contributed by atoms with Crippen LogP contribution in [-0.4, -0.2) is 47.0 Å². The molecule has 26 heavy (non-hydrogen) atoms. The summed E-state index contributed by atoms with van der Waals surface area (Å²) in [4.78, 5) is 24.9.